The molecule has 27 heavy (non-hydrogen) atoms. The summed E-state index contributed by atoms with van der Waals surface area (Å²) in [5, 5.41) is 2.55. The molecule has 5 nitrogen and oxygen atoms in total. The van der Waals surface area contributed by atoms with Crippen LogP contribution in [0.5, 0.6) is 5.75 Å². The van der Waals surface area contributed by atoms with Crippen LogP contribution in [0, 0.1) is 19.7 Å². The van der Waals surface area contributed by atoms with Gasteiger partial charge in [-0.1, -0.05) is 24.3 Å². The lowest BCUT2D eigenvalue weighted by Crippen LogP contribution is -2.48. The largest absolute Gasteiger partial charge is 0.483 e. The van der Waals surface area contributed by atoms with E-state index in [2.05, 4.69) is 5.32 Å². The number of halogens is 1. The maximum absolute atomic E-state index is 13.1. The van der Waals surface area contributed by atoms with Crippen molar-refractivity contribution in [2.75, 3.05) is 13.7 Å². The normalized spacial score (nSPS) is 11.6. The smallest absolute Gasteiger partial charge is 0.261 e. The fourth-order valence-corrected chi connectivity index (χ4v) is 2.68. The number of hydrogen-bond donors (Lipinski definition) is 1. The van der Waals surface area contributed by atoms with Gasteiger partial charge in [0.2, 0.25) is 5.91 Å². The number of carbonyl (C=O) groups excluding carboxylic acids is 2. The molecule has 0 saturated carbocycles. The van der Waals surface area contributed by atoms with E-state index in [9.17, 15) is 14.0 Å². The average Bonchev–Trinajstić information content (AvgIpc) is 2.67. The van der Waals surface area contributed by atoms with Crippen LogP contribution in [0.2, 0.25) is 0 Å². The molecule has 0 bridgehead atoms. The number of amides is 2. The van der Waals surface area contributed by atoms with Gasteiger partial charge in [-0.15, -0.1) is 0 Å². The lowest BCUT2D eigenvalue weighted by atomic mass is 10.1. The third-order valence-electron chi connectivity index (χ3n) is 4.59. The highest BCUT2D eigenvalue weighted by Crippen LogP contribution is 2.21. The molecule has 2 rings (SSSR count). The summed E-state index contributed by atoms with van der Waals surface area (Å²) in [5.41, 5.74) is 2.77. The van der Waals surface area contributed by atoms with E-state index in [0.29, 0.717) is 5.75 Å². The molecule has 0 radical (unpaired) electrons. The van der Waals surface area contributed by atoms with Crippen LogP contribution >= 0.6 is 0 Å². The van der Waals surface area contributed by atoms with Gasteiger partial charge in [0.15, 0.2) is 6.61 Å². The monoisotopic (exact) mass is 372 g/mol. The number of rotatable bonds is 7. The lowest BCUT2D eigenvalue weighted by molar-refractivity contribution is -0.142. The molecular weight excluding hydrogens is 347 g/mol. The molecular formula is C21H25FN2O3. The van der Waals surface area contributed by atoms with Crippen LogP contribution in [0.1, 0.15) is 23.6 Å². The summed E-state index contributed by atoms with van der Waals surface area (Å²) in [6.45, 7) is 5.55. The molecule has 0 aliphatic carbocycles. The van der Waals surface area contributed by atoms with Crippen molar-refractivity contribution in [3.8, 4) is 5.75 Å². The van der Waals surface area contributed by atoms with E-state index in [4.69, 9.17) is 4.74 Å². The summed E-state index contributed by atoms with van der Waals surface area (Å²) in [6, 6.07) is 10.8. The van der Waals surface area contributed by atoms with Gasteiger partial charge < -0.3 is 15.0 Å². The number of benzene rings is 2. The summed E-state index contributed by atoms with van der Waals surface area (Å²) < 4.78 is 18.8. The van der Waals surface area contributed by atoms with Crippen LogP contribution in [-0.4, -0.2) is 36.4 Å². The number of likely N-dealkylation sites (N-methyl/N-ethyl adjacent to an activating group) is 1. The standard InChI is InChI=1S/C21H25FN2O3/c1-14-6-5-7-19(15(14)2)27-13-20(25)24(16(3)21(26)23-4)12-17-8-10-18(22)11-9-17/h5-11,16H,12-13H2,1-4H3,(H,23,26)/t16-/m0/s1. The molecule has 6 heteroatoms. The quantitative estimate of drug-likeness (QED) is 0.813. The second-order valence-corrected chi connectivity index (χ2v) is 6.43. The van der Waals surface area contributed by atoms with Gasteiger partial charge in [0.05, 0.1) is 0 Å². The Labute approximate surface area is 159 Å². The van der Waals surface area contributed by atoms with Gasteiger partial charge in [-0.25, -0.2) is 4.39 Å². The van der Waals surface area contributed by atoms with Crippen LogP contribution in [0.3, 0.4) is 0 Å². The highest BCUT2D eigenvalue weighted by atomic mass is 19.1. The van der Waals surface area contributed by atoms with E-state index in [1.807, 2.05) is 32.0 Å². The van der Waals surface area contributed by atoms with Crippen LogP contribution in [0.25, 0.3) is 0 Å². The first-order valence-corrected chi connectivity index (χ1v) is 8.78. The molecule has 0 aromatic heterocycles. The van der Waals surface area contributed by atoms with Gasteiger partial charge in [-0.05, 0) is 55.7 Å². The number of aryl methyl sites for hydroxylation is 1. The molecule has 0 spiro atoms. The molecule has 1 atom stereocenters. The minimum absolute atomic E-state index is 0.184. The summed E-state index contributed by atoms with van der Waals surface area (Å²) in [6.07, 6.45) is 0. The number of nitrogens with zero attached hydrogens (tertiary/aromatic N) is 1. The van der Waals surface area contributed by atoms with E-state index in [-0.39, 0.29) is 30.8 Å². The van der Waals surface area contributed by atoms with E-state index in [1.165, 1.54) is 24.1 Å². The van der Waals surface area contributed by atoms with Crippen LogP contribution in [-0.2, 0) is 16.1 Å². The number of hydrogen-bond acceptors (Lipinski definition) is 3. The third kappa shape index (κ3) is 5.29. The molecule has 0 unspecified atom stereocenters. The molecule has 2 amide bonds. The maximum Gasteiger partial charge on any atom is 0.261 e. The van der Waals surface area contributed by atoms with Crippen molar-refractivity contribution in [3.05, 3.63) is 65.0 Å². The minimum atomic E-state index is -0.685. The third-order valence-corrected chi connectivity index (χ3v) is 4.59. The van der Waals surface area contributed by atoms with Gasteiger partial charge in [-0.3, -0.25) is 9.59 Å². The molecule has 2 aromatic rings. The van der Waals surface area contributed by atoms with Crippen LogP contribution in [0.4, 0.5) is 4.39 Å². The summed E-state index contributed by atoms with van der Waals surface area (Å²) in [5.74, 6) is -0.319. The molecule has 0 aliphatic heterocycles. The average molecular weight is 372 g/mol. The molecule has 0 fully saturated rings. The summed E-state index contributed by atoms with van der Waals surface area (Å²) >= 11 is 0. The van der Waals surface area contributed by atoms with E-state index in [0.717, 1.165) is 16.7 Å². The Kier molecular flexibility index (Phi) is 6.93. The number of nitrogens with one attached hydrogen (secondary N) is 1. The topological polar surface area (TPSA) is 58.6 Å². The van der Waals surface area contributed by atoms with Gasteiger partial charge >= 0.3 is 0 Å². The Balaban J connectivity index is 2.15. The molecule has 2 aromatic carbocycles. The van der Waals surface area contributed by atoms with E-state index in [1.54, 1.807) is 19.1 Å². The van der Waals surface area contributed by atoms with Gasteiger partial charge in [0, 0.05) is 13.6 Å². The summed E-state index contributed by atoms with van der Waals surface area (Å²) in [4.78, 5) is 26.3. The first-order chi connectivity index (χ1) is 12.8. The zero-order valence-corrected chi connectivity index (χ0v) is 16.1. The minimum Gasteiger partial charge on any atom is -0.483 e. The Morgan fingerprint density at radius 2 is 1.81 bits per heavy atom. The second kappa shape index (κ2) is 9.16. The molecule has 0 heterocycles. The van der Waals surface area contributed by atoms with Crippen molar-refractivity contribution in [2.24, 2.45) is 0 Å². The highest BCUT2D eigenvalue weighted by molar-refractivity contribution is 5.87. The van der Waals surface area contributed by atoms with Crippen molar-refractivity contribution < 1.29 is 18.7 Å². The summed E-state index contributed by atoms with van der Waals surface area (Å²) in [7, 11) is 1.52. The van der Waals surface area contributed by atoms with Crippen molar-refractivity contribution in [2.45, 2.75) is 33.4 Å². The van der Waals surface area contributed by atoms with Gasteiger partial charge in [-0.2, -0.15) is 0 Å². The number of carbonyl (C=O) groups is 2. The first kappa shape index (κ1) is 20.4. The fourth-order valence-electron chi connectivity index (χ4n) is 2.68. The zero-order chi connectivity index (χ0) is 20.0. The predicted octanol–water partition coefficient (Wildman–Crippen LogP) is 2.98. The Morgan fingerprint density at radius 3 is 2.44 bits per heavy atom. The van der Waals surface area contributed by atoms with Crippen molar-refractivity contribution in [1.82, 2.24) is 10.2 Å². The Bertz CT molecular complexity index is 806. The van der Waals surface area contributed by atoms with E-state index >= 15 is 0 Å². The molecule has 1 N–H and O–H groups in total. The van der Waals surface area contributed by atoms with Crippen LogP contribution in [0.15, 0.2) is 42.5 Å². The van der Waals surface area contributed by atoms with Crippen LogP contribution < -0.4 is 10.1 Å². The van der Waals surface area contributed by atoms with Crippen molar-refractivity contribution in [3.63, 3.8) is 0 Å². The van der Waals surface area contributed by atoms with Crippen molar-refractivity contribution >= 4 is 11.8 Å². The molecule has 0 aliphatic rings. The van der Waals surface area contributed by atoms with E-state index < -0.39 is 6.04 Å². The van der Waals surface area contributed by atoms with Crippen molar-refractivity contribution in [1.29, 1.82) is 0 Å². The Morgan fingerprint density at radius 1 is 1.15 bits per heavy atom. The van der Waals surface area contributed by atoms with Gasteiger partial charge in [0.1, 0.15) is 17.6 Å². The highest BCUT2D eigenvalue weighted by Gasteiger charge is 2.26. The second-order valence-electron chi connectivity index (χ2n) is 6.43. The Hall–Kier alpha value is -2.89. The lowest BCUT2D eigenvalue weighted by Gasteiger charge is -2.28. The molecule has 0 saturated heterocycles. The fraction of sp³-hybridized carbons (Fsp3) is 0.333. The zero-order valence-electron chi connectivity index (χ0n) is 16.1. The predicted molar refractivity (Wildman–Crippen MR) is 102 cm³/mol. The SMILES string of the molecule is CNC(=O)[C@H](C)N(Cc1ccc(F)cc1)C(=O)COc1cccc(C)c1C. The number of ether oxygens (including phenoxy) is 1. The first-order valence-electron chi connectivity index (χ1n) is 8.78. The maximum atomic E-state index is 13.1. The molecule has 144 valence electrons. The van der Waals surface area contributed by atoms with Gasteiger partial charge in [0.25, 0.3) is 5.91 Å².